The Balaban J connectivity index is 0.000000454. The Morgan fingerprint density at radius 2 is 1.86 bits per heavy atom. The third kappa shape index (κ3) is 6.54. The van der Waals surface area contributed by atoms with E-state index in [1.165, 1.54) is 11.1 Å². The molecule has 0 saturated heterocycles. The minimum absolute atomic E-state index is 0.0899. The first-order valence-corrected chi connectivity index (χ1v) is 11.3. The Bertz CT molecular complexity index is 1250. The van der Waals surface area contributed by atoms with E-state index < -0.39 is 18.1 Å². The zero-order valence-corrected chi connectivity index (χ0v) is 20.2. The summed E-state index contributed by atoms with van der Waals surface area (Å²) in [4.78, 5) is 21.8. The third-order valence-electron chi connectivity index (χ3n) is 5.86. The number of alkyl halides is 3. The zero-order valence-electron chi connectivity index (χ0n) is 20.2. The molecule has 0 aliphatic carbocycles. The van der Waals surface area contributed by atoms with Crippen LogP contribution in [0.1, 0.15) is 42.1 Å². The smallest absolute Gasteiger partial charge is 0.489 e. The summed E-state index contributed by atoms with van der Waals surface area (Å²) < 4.78 is 39.9. The molecule has 194 valence electrons. The maximum absolute atomic E-state index is 11.0. The second-order valence-electron chi connectivity index (χ2n) is 8.85. The summed E-state index contributed by atoms with van der Waals surface area (Å²) >= 11 is 0. The van der Waals surface area contributed by atoms with Gasteiger partial charge in [0.1, 0.15) is 12.4 Å². The molecule has 36 heavy (non-hydrogen) atoms. The fraction of sp³-hybridized carbons (Fsp3) is 0.400. The molecule has 1 aliphatic heterocycles. The summed E-state index contributed by atoms with van der Waals surface area (Å²) in [6.07, 6.45) is -2.32. The van der Waals surface area contributed by atoms with E-state index >= 15 is 0 Å². The van der Waals surface area contributed by atoms with E-state index in [4.69, 9.17) is 19.7 Å². The van der Waals surface area contributed by atoms with Crippen LogP contribution in [0.25, 0.3) is 10.9 Å². The fourth-order valence-electron chi connectivity index (χ4n) is 4.13. The van der Waals surface area contributed by atoms with Gasteiger partial charge in [-0.05, 0) is 67.6 Å². The van der Waals surface area contributed by atoms with Gasteiger partial charge in [-0.25, -0.2) is 4.79 Å². The van der Waals surface area contributed by atoms with Crippen LogP contribution in [0.2, 0.25) is 0 Å². The van der Waals surface area contributed by atoms with Crippen molar-refractivity contribution in [1.82, 2.24) is 14.7 Å². The van der Waals surface area contributed by atoms with E-state index in [9.17, 15) is 18.0 Å². The molecule has 0 amide bonds. The normalized spacial score (nSPS) is 13.8. The van der Waals surface area contributed by atoms with E-state index in [1.807, 2.05) is 21.8 Å². The Labute approximate surface area is 205 Å². The van der Waals surface area contributed by atoms with E-state index in [1.54, 1.807) is 0 Å². The molecular weight excluding hydrogens is 479 g/mol. The van der Waals surface area contributed by atoms with Crippen LogP contribution in [0, 0.1) is 6.92 Å². The number of nitrogens with zero attached hydrogens (tertiary/aromatic N) is 3. The summed E-state index contributed by atoms with van der Waals surface area (Å²) in [5.41, 5.74) is 5.90. The van der Waals surface area contributed by atoms with Gasteiger partial charge < -0.3 is 14.9 Å². The first-order chi connectivity index (χ1) is 16.9. The average Bonchev–Trinajstić information content (AvgIpc) is 3.21. The molecule has 0 unspecified atom stereocenters. The van der Waals surface area contributed by atoms with Crippen LogP contribution < -0.4 is 4.74 Å². The van der Waals surface area contributed by atoms with Crippen molar-refractivity contribution >= 4 is 22.8 Å². The lowest BCUT2D eigenvalue weighted by molar-refractivity contribution is -0.192. The SMILES string of the molecule is Cc1c(OCc2ccc3c(cnn3C(C)C)c2)ccc2c1CCN(CC(=O)O)C2.O=C(O)C(F)(F)F. The van der Waals surface area contributed by atoms with Crippen molar-refractivity contribution in [3.8, 4) is 5.75 Å². The zero-order chi connectivity index (χ0) is 26.6. The average molecular weight is 508 g/mol. The van der Waals surface area contributed by atoms with E-state index in [2.05, 4.69) is 50.1 Å². The molecule has 11 heteroatoms. The highest BCUT2D eigenvalue weighted by Gasteiger charge is 2.38. The molecule has 2 aromatic carbocycles. The van der Waals surface area contributed by atoms with Crippen LogP contribution in [0.3, 0.4) is 0 Å². The van der Waals surface area contributed by atoms with Crippen molar-refractivity contribution in [2.24, 2.45) is 0 Å². The molecular formula is C25H28F3N3O5. The number of hydrogen-bond acceptors (Lipinski definition) is 5. The lowest BCUT2D eigenvalue weighted by atomic mass is 9.94. The quantitative estimate of drug-likeness (QED) is 0.503. The minimum atomic E-state index is -5.08. The number of hydrogen-bond donors (Lipinski definition) is 2. The Morgan fingerprint density at radius 3 is 2.47 bits per heavy atom. The number of carboxylic acid groups (broad SMARTS) is 2. The van der Waals surface area contributed by atoms with Gasteiger partial charge in [-0.3, -0.25) is 14.4 Å². The van der Waals surface area contributed by atoms with Gasteiger partial charge in [0.25, 0.3) is 0 Å². The summed E-state index contributed by atoms with van der Waals surface area (Å²) in [7, 11) is 0. The van der Waals surface area contributed by atoms with Crippen molar-refractivity contribution in [2.45, 2.75) is 52.6 Å². The van der Waals surface area contributed by atoms with Gasteiger partial charge in [-0.1, -0.05) is 12.1 Å². The second-order valence-corrected chi connectivity index (χ2v) is 8.85. The van der Waals surface area contributed by atoms with Crippen molar-refractivity contribution < 1.29 is 37.7 Å². The van der Waals surface area contributed by atoms with Crippen molar-refractivity contribution in [3.05, 3.63) is 58.8 Å². The van der Waals surface area contributed by atoms with Crippen molar-refractivity contribution in [3.63, 3.8) is 0 Å². The van der Waals surface area contributed by atoms with Crippen LogP contribution in [0.4, 0.5) is 13.2 Å². The summed E-state index contributed by atoms with van der Waals surface area (Å²) in [5.74, 6) is -2.64. The number of aromatic nitrogens is 2. The fourth-order valence-corrected chi connectivity index (χ4v) is 4.13. The number of aliphatic carboxylic acids is 2. The van der Waals surface area contributed by atoms with Crippen LogP contribution >= 0.6 is 0 Å². The first kappa shape index (κ1) is 27.0. The Kier molecular flexibility index (Phi) is 8.24. The standard InChI is InChI=1S/C23H27N3O3.C2HF3O2/c1-15(2)26-21-6-4-17(10-19(21)11-24-26)14-29-22-7-5-18-12-25(13-23(27)28)9-8-20(18)16(22)3;3-2(4,5)1(6)7/h4-7,10-11,15H,8-9,12-14H2,1-3H3,(H,27,28);(H,6,7). The number of fused-ring (bicyclic) bond motifs is 2. The topological polar surface area (TPSA) is 105 Å². The number of halogens is 3. The molecule has 0 radical (unpaired) electrons. The highest BCUT2D eigenvalue weighted by atomic mass is 19.4. The van der Waals surface area contributed by atoms with Gasteiger partial charge in [0.05, 0.1) is 18.3 Å². The van der Waals surface area contributed by atoms with Crippen LogP contribution in [0.15, 0.2) is 36.5 Å². The number of rotatable bonds is 6. The molecule has 1 aromatic heterocycles. The van der Waals surface area contributed by atoms with E-state index in [-0.39, 0.29) is 6.54 Å². The van der Waals surface area contributed by atoms with Crippen LogP contribution in [-0.4, -0.2) is 56.1 Å². The summed E-state index contributed by atoms with van der Waals surface area (Å²) in [6, 6.07) is 10.8. The molecule has 0 fully saturated rings. The van der Waals surface area contributed by atoms with Crippen molar-refractivity contribution in [1.29, 1.82) is 0 Å². The number of carboxylic acids is 2. The maximum atomic E-state index is 11.0. The Hall–Kier alpha value is -3.60. The van der Waals surface area contributed by atoms with Gasteiger partial charge >= 0.3 is 18.1 Å². The largest absolute Gasteiger partial charge is 0.490 e. The molecule has 4 rings (SSSR count). The van der Waals surface area contributed by atoms with Gasteiger partial charge in [-0.2, -0.15) is 18.3 Å². The number of carbonyl (C=O) groups is 2. The molecule has 2 N–H and O–H groups in total. The third-order valence-corrected chi connectivity index (χ3v) is 5.86. The van der Waals surface area contributed by atoms with Gasteiger partial charge in [0.2, 0.25) is 0 Å². The molecule has 2 heterocycles. The lowest BCUT2D eigenvalue weighted by Gasteiger charge is -2.29. The summed E-state index contributed by atoms with van der Waals surface area (Å²) in [5, 5.41) is 21.7. The minimum Gasteiger partial charge on any atom is -0.489 e. The highest BCUT2D eigenvalue weighted by molar-refractivity contribution is 5.79. The van der Waals surface area contributed by atoms with Gasteiger partial charge in [-0.15, -0.1) is 0 Å². The molecule has 0 atom stereocenters. The molecule has 1 aliphatic rings. The molecule has 8 nitrogen and oxygen atoms in total. The van der Waals surface area contributed by atoms with Crippen LogP contribution in [0.5, 0.6) is 5.75 Å². The van der Waals surface area contributed by atoms with Crippen LogP contribution in [-0.2, 0) is 29.2 Å². The number of ether oxygens (including phenoxy) is 1. The van der Waals surface area contributed by atoms with E-state index in [0.29, 0.717) is 19.2 Å². The predicted molar refractivity (Wildman–Crippen MR) is 126 cm³/mol. The van der Waals surface area contributed by atoms with Gasteiger partial charge in [0, 0.05) is 24.5 Å². The van der Waals surface area contributed by atoms with Gasteiger partial charge in [0.15, 0.2) is 0 Å². The molecule has 0 spiro atoms. The molecule has 0 saturated carbocycles. The Morgan fingerprint density at radius 1 is 1.17 bits per heavy atom. The first-order valence-electron chi connectivity index (χ1n) is 11.3. The van der Waals surface area contributed by atoms with Crippen molar-refractivity contribution in [2.75, 3.05) is 13.1 Å². The van der Waals surface area contributed by atoms with E-state index in [0.717, 1.165) is 40.7 Å². The lowest BCUT2D eigenvalue weighted by Crippen LogP contribution is -2.35. The molecule has 0 bridgehead atoms. The molecule has 3 aromatic rings. The second kappa shape index (κ2) is 11.0. The number of benzene rings is 2. The summed E-state index contributed by atoms with van der Waals surface area (Å²) in [6.45, 7) is 8.39. The maximum Gasteiger partial charge on any atom is 0.490 e. The predicted octanol–water partition coefficient (Wildman–Crippen LogP) is 4.58. The monoisotopic (exact) mass is 507 g/mol. The highest BCUT2D eigenvalue weighted by Crippen LogP contribution is 2.30.